The average Bonchev–Trinajstić information content (AvgIpc) is 2.90. The summed E-state index contributed by atoms with van der Waals surface area (Å²) in [7, 11) is 0. The Balaban J connectivity index is 1.97. The molecule has 20 heavy (non-hydrogen) atoms. The van der Waals surface area contributed by atoms with Crippen LogP contribution in [-0.2, 0) is 12.8 Å². The zero-order chi connectivity index (χ0) is 13.9. The summed E-state index contributed by atoms with van der Waals surface area (Å²) < 4.78 is 0. The number of hydrogen-bond donors (Lipinski definition) is 1. The van der Waals surface area contributed by atoms with Gasteiger partial charge in [0.1, 0.15) is 0 Å². The summed E-state index contributed by atoms with van der Waals surface area (Å²) in [6.45, 7) is 5.40. The maximum atomic E-state index is 3.66. The first-order valence-corrected chi connectivity index (χ1v) is 8.61. The molecule has 1 heterocycles. The van der Waals surface area contributed by atoms with E-state index < -0.39 is 0 Å². The predicted octanol–water partition coefficient (Wildman–Crippen LogP) is 4.63. The Morgan fingerprint density at radius 1 is 1.15 bits per heavy atom. The van der Waals surface area contributed by atoms with Gasteiger partial charge >= 0.3 is 0 Å². The molecular formula is C18H23NS. The lowest BCUT2D eigenvalue weighted by atomic mass is 9.88. The molecular weight excluding hydrogens is 262 g/mol. The van der Waals surface area contributed by atoms with Crippen LogP contribution in [0.25, 0.3) is 0 Å². The summed E-state index contributed by atoms with van der Waals surface area (Å²) in [6, 6.07) is 7.47. The summed E-state index contributed by atoms with van der Waals surface area (Å²) in [5.41, 5.74) is 7.40. The van der Waals surface area contributed by atoms with Gasteiger partial charge in [-0.2, -0.15) is 11.3 Å². The van der Waals surface area contributed by atoms with Crippen LogP contribution in [-0.4, -0.2) is 6.54 Å². The van der Waals surface area contributed by atoms with Gasteiger partial charge < -0.3 is 5.32 Å². The Kier molecular flexibility index (Phi) is 4.23. The molecule has 1 N–H and O–H groups in total. The third-order valence-electron chi connectivity index (χ3n) is 4.32. The van der Waals surface area contributed by atoms with E-state index in [9.17, 15) is 0 Å². The van der Waals surface area contributed by atoms with Gasteiger partial charge in [0.05, 0.1) is 6.04 Å². The first kappa shape index (κ1) is 13.8. The second-order valence-electron chi connectivity index (χ2n) is 5.74. The number of thiophene rings is 1. The van der Waals surface area contributed by atoms with Crippen molar-refractivity contribution in [3.8, 4) is 0 Å². The molecule has 0 saturated carbocycles. The molecule has 1 unspecified atom stereocenters. The van der Waals surface area contributed by atoms with Crippen molar-refractivity contribution in [1.29, 1.82) is 0 Å². The molecule has 0 amide bonds. The van der Waals surface area contributed by atoms with E-state index in [1.807, 2.05) is 0 Å². The van der Waals surface area contributed by atoms with Crippen LogP contribution in [0, 0.1) is 6.92 Å². The third kappa shape index (κ3) is 2.68. The van der Waals surface area contributed by atoms with Gasteiger partial charge in [0.25, 0.3) is 0 Å². The molecule has 1 nitrogen and oxygen atoms in total. The molecule has 1 aromatic heterocycles. The highest BCUT2D eigenvalue weighted by molar-refractivity contribution is 7.08. The van der Waals surface area contributed by atoms with Crippen molar-refractivity contribution in [2.24, 2.45) is 0 Å². The molecule has 1 aliphatic rings. The Morgan fingerprint density at radius 3 is 2.65 bits per heavy atom. The van der Waals surface area contributed by atoms with E-state index in [1.54, 1.807) is 22.5 Å². The van der Waals surface area contributed by atoms with Gasteiger partial charge in [-0.1, -0.05) is 25.1 Å². The topological polar surface area (TPSA) is 12.0 Å². The van der Waals surface area contributed by atoms with Crippen molar-refractivity contribution >= 4 is 11.3 Å². The van der Waals surface area contributed by atoms with Crippen molar-refractivity contribution in [1.82, 2.24) is 5.32 Å². The number of fused-ring (bicyclic) bond motifs is 1. The molecule has 106 valence electrons. The molecule has 0 fully saturated rings. The Hall–Kier alpha value is -1.12. The molecule has 1 aliphatic carbocycles. The summed E-state index contributed by atoms with van der Waals surface area (Å²) in [4.78, 5) is 0. The van der Waals surface area contributed by atoms with Gasteiger partial charge in [-0.25, -0.2) is 0 Å². The normalized spacial score (nSPS) is 15.9. The number of nitrogens with one attached hydrogen (secondary N) is 1. The van der Waals surface area contributed by atoms with Gasteiger partial charge in [0.15, 0.2) is 0 Å². The van der Waals surface area contributed by atoms with E-state index >= 15 is 0 Å². The molecule has 2 heteroatoms. The number of aryl methyl sites for hydroxylation is 3. The van der Waals surface area contributed by atoms with E-state index in [-0.39, 0.29) is 0 Å². The van der Waals surface area contributed by atoms with Crippen molar-refractivity contribution in [3.63, 3.8) is 0 Å². The fourth-order valence-electron chi connectivity index (χ4n) is 3.21. The Labute approximate surface area is 126 Å². The fraction of sp³-hybridized carbons (Fsp3) is 0.444. The lowest BCUT2D eigenvalue weighted by Gasteiger charge is -2.22. The first-order valence-electron chi connectivity index (χ1n) is 7.67. The molecule has 0 aliphatic heterocycles. The minimum Gasteiger partial charge on any atom is -0.306 e. The van der Waals surface area contributed by atoms with Crippen LogP contribution in [0.2, 0.25) is 0 Å². The fourth-order valence-corrected chi connectivity index (χ4v) is 4.09. The van der Waals surface area contributed by atoms with Crippen LogP contribution < -0.4 is 5.32 Å². The van der Waals surface area contributed by atoms with Gasteiger partial charge in [-0.15, -0.1) is 0 Å². The zero-order valence-electron chi connectivity index (χ0n) is 12.4. The van der Waals surface area contributed by atoms with Crippen molar-refractivity contribution in [2.45, 2.75) is 45.6 Å². The lowest BCUT2D eigenvalue weighted by Crippen LogP contribution is -2.22. The van der Waals surface area contributed by atoms with Gasteiger partial charge in [0.2, 0.25) is 0 Å². The highest BCUT2D eigenvalue weighted by atomic mass is 32.1. The van der Waals surface area contributed by atoms with E-state index in [1.165, 1.54) is 42.4 Å². The third-order valence-corrected chi connectivity index (χ3v) is 5.20. The van der Waals surface area contributed by atoms with Gasteiger partial charge in [-0.3, -0.25) is 0 Å². The van der Waals surface area contributed by atoms with E-state index in [0.29, 0.717) is 6.04 Å². The monoisotopic (exact) mass is 285 g/mol. The summed E-state index contributed by atoms with van der Waals surface area (Å²) in [5, 5.41) is 8.20. The van der Waals surface area contributed by atoms with Gasteiger partial charge in [-0.05, 0) is 77.7 Å². The van der Waals surface area contributed by atoms with Crippen LogP contribution in [0.15, 0.2) is 29.0 Å². The van der Waals surface area contributed by atoms with E-state index in [4.69, 9.17) is 0 Å². The van der Waals surface area contributed by atoms with E-state index in [2.05, 4.69) is 48.1 Å². The summed E-state index contributed by atoms with van der Waals surface area (Å²) in [5.74, 6) is 0. The molecule has 0 bridgehead atoms. The predicted molar refractivity (Wildman–Crippen MR) is 87.7 cm³/mol. The standard InChI is InChI=1S/C18H23NS/c1-3-19-18(17-12-20-11-13(17)2)16-9-8-14-6-4-5-7-15(14)10-16/h8-12,18-19H,3-7H2,1-2H3. The van der Waals surface area contributed by atoms with E-state index in [0.717, 1.165) is 6.54 Å². The van der Waals surface area contributed by atoms with Crippen LogP contribution >= 0.6 is 11.3 Å². The molecule has 0 spiro atoms. The summed E-state index contributed by atoms with van der Waals surface area (Å²) in [6.07, 6.45) is 5.22. The second kappa shape index (κ2) is 6.11. The maximum absolute atomic E-state index is 3.66. The van der Waals surface area contributed by atoms with Gasteiger partial charge in [0, 0.05) is 0 Å². The van der Waals surface area contributed by atoms with Crippen LogP contribution in [0.1, 0.15) is 53.6 Å². The minimum atomic E-state index is 0.346. The van der Waals surface area contributed by atoms with Crippen molar-refractivity contribution in [2.75, 3.05) is 6.54 Å². The first-order chi connectivity index (χ1) is 9.79. The molecule has 0 radical (unpaired) electrons. The molecule has 1 atom stereocenters. The summed E-state index contributed by atoms with van der Waals surface area (Å²) >= 11 is 1.80. The molecule has 2 aromatic rings. The quantitative estimate of drug-likeness (QED) is 0.863. The SMILES string of the molecule is CCNC(c1ccc2c(c1)CCCC2)c1cscc1C. The van der Waals surface area contributed by atoms with Crippen LogP contribution in [0.5, 0.6) is 0 Å². The Morgan fingerprint density at radius 2 is 1.95 bits per heavy atom. The average molecular weight is 285 g/mol. The largest absolute Gasteiger partial charge is 0.306 e. The Bertz CT molecular complexity index is 585. The van der Waals surface area contributed by atoms with Crippen molar-refractivity contribution in [3.05, 3.63) is 56.8 Å². The molecule has 1 aromatic carbocycles. The second-order valence-corrected chi connectivity index (χ2v) is 6.48. The van der Waals surface area contributed by atoms with Crippen molar-refractivity contribution < 1.29 is 0 Å². The number of rotatable bonds is 4. The highest BCUT2D eigenvalue weighted by Crippen LogP contribution is 2.30. The number of hydrogen-bond acceptors (Lipinski definition) is 2. The maximum Gasteiger partial charge on any atom is 0.0587 e. The smallest absolute Gasteiger partial charge is 0.0587 e. The number of benzene rings is 1. The lowest BCUT2D eigenvalue weighted by molar-refractivity contribution is 0.624. The minimum absolute atomic E-state index is 0.346. The van der Waals surface area contributed by atoms with Crippen LogP contribution in [0.4, 0.5) is 0 Å². The zero-order valence-corrected chi connectivity index (χ0v) is 13.2. The van der Waals surface area contributed by atoms with Crippen LogP contribution in [0.3, 0.4) is 0 Å². The molecule has 0 saturated heterocycles. The highest BCUT2D eigenvalue weighted by Gasteiger charge is 2.18. The molecule has 3 rings (SSSR count).